The topological polar surface area (TPSA) is 51.2 Å². The number of nitrogens with zero attached hydrogens (tertiary/aromatic N) is 1. The number of aromatic nitrogens is 1. The Morgan fingerprint density at radius 2 is 2.04 bits per heavy atom. The van der Waals surface area contributed by atoms with Gasteiger partial charge in [0.1, 0.15) is 5.75 Å². The molecule has 1 fully saturated rings. The quantitative estimate of drug-likeness (QED) is 0.922. The molecule has 23 heavy (non-hydrogen) atoms. The molecule has 2 unspecified atom stereocenters. The number of carbonyl (C=O) groups excluding carboxylic acids is 1. The zero-order valence-electron chi connectivity index (χ0n) is 13.7. The Hall–Kier alpha value is -2.36. The number of ether oxygens (including phenoxy) is 1. The number of hydrogen-bond acceptors (Lipinski definition) is 3. The Balaban J connectivity index is 1.70. The lowest BCUT2D eigenvalue weighted by Gasteiger charge is -2.28. The molecule has 4 heteroatoms. The predicted molar refractivity (Wildman–Crippen MR) is 89.2 cm³/mol. The summed E-state index contributed by atoms with van der Waals surface area (Å²) in [7, 11) is 1.65. The van der Waals surface area contributed by atoms with Gasteiger partial charge in [0, 0.05) is 23.9 Å². The van der Waals surface area contributed by atoms with Gasteiger partial charge in [0.05, 0.1) is 12.6 Å². The second kappa shape index (κ2) is 6.03. The standard InChI is InChI=1S/C19H22N2O2/c1-19(2,16-8-4-5-9-17(16)23-3)21-18(22)15-11-14(15)13-7-6-10-20-12-13/h4-10,12,14-15H,11H2,1-3H3,(H,21,22). The van der Waals surface area contributed by atoms with Crippen molar-refractivity contribution in [1.82, 2.24) is 10.3 Å². The summed E-state index contributed by atoms with van der Waals surface area (Å²) in [6.45, 7) is 4.01. The molecule has 1 heterocycles. The highest BCUT2D eigenvalue weighted by molar-refractivity contribution is 5.83. The first kappa shape index (κ1) is 15.5. The smallest absolute Gasteiger partial charge is 0.224 e. The van der Waals surface area contributed by atoms with Gasteiger partial charge in [-0.05, 0) is 43.9 Å². The lowest BCUT2D eigenvalue weighted by Crippen LogP contribution is -2.42. The summed E-state index contributed by atoms with van der Waals surface area (Å²) in [6.07, 6.45) is 4.49. The van der Waals surface area contributed by atoms with Crippen LogP contribution in [0.4, 0.5) is 0 Å². The molecule has 2 aromatic rings. The molecule has 4 nitrogen and oxygen atoms in total. The molecule has 1 N–H and O–H groups in total. The molecule has 0 radical (unpaired) electrons. The van der Waals surface area contributed by atoms with Crippen LogP contribution in [0.3, 0.4) is 0 Å². The van der Waals surface area contributed by atoms with Crippen LogP contribution < -0.4 is 10.1 Å². The van der Waals surface area contributed by atoms with E-state index in [1.54, 1.807) is 13.3 Å². The summed E-state index contributed by atoms with van der Waals surface area (Å²) in [5.41, 5.74) is 1.64. The third-order valence-electron chi connectivity index (χ3n) is 4.46. The number of benzene rings is 1. The number of rotatable bonds is 5. The van der Waals surface area contributed by atoms with Crippen LogP contribution in [0.15, 0.2) is 48.8 Å². The average molecular weight is 310 g/mol. The van der Waals surface area contributed by atoms with Crippen LogP contribution in [0.2, 0.25) is 0 Å². The van der Waals surface area contributed by atoms with Crippen LogP contribution in [0.5, 0.6) is 5.75 Å². The molecule has 0 aliphatic heterocycles. The Kier molecular flexibility index (Phi) is 4.07. The van der Waals surface area contributed by atoms with Crippen LogP contribution in [-0.4, -0.2) is 18.0 Å². The van der Waals surface area contributed by atoms with Gasteiger partial charge < -0.3 is 10.1 Å². The highest BCUT2D eigenvalue weighted by atomic mass is 16.5. The minimum absolute atomic E-state index is 0.0354. The van der Waals surface area contributed by atoms with E-state index in [4.69, 9.17) is 4.74 Å². The summed E-state index contributed by atoms with van der Waals surface area (Å²) in [6, 6.07) is 11.8. The van der Waals surface area contributed by atoms with Crippen molar-refractivity contribution in [3.63, 3.8) is 0 Å². The molecule has 1 aromatic heterocycles. The second-order valence-corrected chi connectivity index (χ2v) is 6.55. The van der Waals surface area contributed by atoms with Gasteiger partial charge in [-0.15, -0.1) is 0 Å². The molecule has 0 bridgehead atoms. The molecule has 1 aliphatic carbocycles. The fourth-order valence-electron chi connectivity index (χ4n) is 3.08. The van der Waals surface area contributed by atoms with E-state index >= 15 is 0 Å². The Morgan fingerprint density at radius 3 is 2.74 bits per heavy atom. The van der Waals surface area contributed by atoms with Crippen molar-refractivity contribution in [3.05, 3.63) is 59.9 Å². The number of para-hydroxylation sites is 1. The minimum atomic E-state index is -0.480. The summed E-state index contributed by atoms with van der Waals surface area (Å²) in [5.74, 6) is 1.21. The zero-order valence-corrected chi connectivity index (χ0v) is 13.7. The molecular weight excluding hydrogens is 288 g/mol. The molecule has 0 saturated heterocycles. The Bertz CT molecular complexity index is 698. The van der Waals surface area contributed by atoms with Crippen LogP contribution >= 0.6 is 0 Å². The van der Waals surface area contributed by atoms with E-state index < -0.39 is 5.54 Å². The fraction of sp³-hybridized carbons (Fsp3) is 0.368. The number of nitrogens with one attached hydrogen (secondary N) is 1. The molecule has 0 spiro atoms. The Morgan fingerprint density at radius 1 is 1.26 bits per heavy atom. The lowest BCUT2D eigenvalue weighted by atomic mass is 9.93. The van der Waals surface area contributed by atoms with E-state index in [2.05, 4.69) is 10.3 Å². The van der Waals surface area contributed by atoms with E-state index in [9.17, 15) is 4.79 Å². The highest BCUT2D eigenvalue weighted by Gasteiger charge is 2.45. The number of carbonyl (C=O) groups is 1. The third-order valence-corrected chi connectivity index (χ3v) is 4.46. The van der Waals surface area contributed by atoms with Gasteiger partial charge in [-0.1, -0.05) is 24.3 Å². The highest BCUT2D eigenvalue weighted by Crippen LogP contribution is 2.47. The molecule has 120 valence electrons. The van der Waals surface area contributed by atoms with Crippen LogP contribution in [0, 0.1) is 5.92 Å². The maximum atomic E-state index is 12.6. The maximum Gasteiger partial charge on any atom is 0.224 e. The van der Waals surface area contributed by atoms with Crippen LogP contribution in [0.25, 0.3) is 0 Å². The number of amides is 1. The third kappa shape index (κ3) is 3.21. The lowest BCUT2D eigenvalue weighted by molar-refractivity contribution is -0.124. The van der Waals surface area contributed by atoms with Crippen LogP contribution in [-0.2, 0) is 10.3 Å². The van der Waals surface area contributed by atoms with E-state index in [-0.39, 0.29) is 17.7 Å². The summed E-state index contributed by atoms with van der Waals surface area (Å²) in [5, 5.41) is 3.17. The van der Waals surface area contributed by atoms with Crippen LogP contribution in [0.1, 0.15) is 37.3 Å². The molecular formula is C19H22N2O2. The number of pyridine rings is 1. The second-order valence-electron chi connectivity index (χ2n) is 6.55. The maximum absolute atomic E-state index is 12.6. The van der Waals surface area contributed by atoms with Gasteiger partial charge in [0.2, 0.25) is 5.91 Å². The van der Waals surface area contributed by atoms with Gasteiger partial charge in [-0.2, -0.15) is 0 Å². The van der Waals surface area contributed by atoms with Crippen molar-refractivity contribution in [2.45, 2.75) is 31.7 Å². The summed E-state index contributed by atoms with van der Waals surface area (Å²) in [4.78, 5) is 16.7. The fourth-order valence-corrected chi connectivity index (χ4v) is 3.08. The van der Waals surface area contributed by atoms with Gasteiger partial charge >= 0.3 is 0 Å². The molecule has 2 atom stereocenters. The molecule has 1 saturated carbocycles. The first-order chi connectivity index (χ1) is 11.0. The summed E-state index contributed by atoms with van der Waals surface area (Å²) >= 11 is 0. The van der Waals surface area contributed by atoms with Crippen molar-refractivity contribution >= 4 is 5.91 Å². The van der Waals surface area contributed by atoms with Gasteiger partial charge in [-0.3, -0.25) is 9.78 Å². The van der Waals surface area contributed by atoms with Crippen molar-refractivity contribution in [3.8, 4) is 5.75 Å². The van der Waals surface area contributed by atoms with E-state index in [0.717, 1.165) is 23.3 Å². The number of hydrogen-bond donors (Lipinski definition) is 1. The van der Waals surface area contributed by atoms with Gasteiger partial charge in [-0.25, -0.2) is 0 Å². The summed E-state index contributed by atoms with van der Waals surface area (Å²) < 4.78 is 5.42. The molecule has 3 rings (SSSR count). The monoisotopic (exact) mass is 310 g/mol. The molecule has 1 aliphatic rings. The minimum Gasteiger partial charge on any atom is -0.496 e. The molecule has 1 aromatic carbocycles. The first-order valence-electron chi connectivity index (χ1n) is 7.88. The number of methoxy groups -OCH3 is 1. The normalized spacial score (nSPS) is 20.0. The predicted octanol–water partition coefficient (Wildman–Crippen LogP) is 3.25. The van der Waals surface area contributed by atoms with Crippen molar-refractivity contribution < 1.29 is 9.53 Å². The molecule has 1 amide bonds. The first-order valence-corrected chi connectivity index (χ1v) is 7.88. The van der Waals surface area contributed by atoms with E-state index in [0.29, 0.717) is 0 Å². The SMILES string of the molecule is COc1ccccc1C(C)(C)NC(=O)C1CC1c1cccnc1. The van der Waals surface area contributed by atoms with Crippen molar-refractivity contribution in [1.29, 1.82) is 0 Å². The van der Waals surface area contributed by atoms with Gasteiger partial charge in [0.15, 0.2) is 0 Å². The van der Waals surface area contributed by atoms with Crippen molar-refractivity contribution in [2.24, 2.45) is 5.92 Å². The van der Waals surface area contributed by atoms with Gasteiger partial charge in [0.25, 0.3) is 0 Å². The average Bonchev–Trinajstić information content (AvgIpc) is 3.36. The largest absolute Gasteiger partial charge is 0.496 e. The zero-order chi connectivity index (χ0) is 16.4. The Labute approximate surface area is 136 Å². The van der Waals surface area contributed by atoms with E-state index in [1.165, 1.54) is 0 Å². The van der Waals surface area contributed by atoms with E-state index in [1.807, 2.05) is 56.4 Å². The van der Waals surface area contributed by atoms with Crippen molar-refractivity contribution in [2.75, 3.05) is 7.11 Å².